The molecule has 4 fully saturated rings. The summed E-state index contributed by atoms with van der Waals surface area (Å²) in [6, 6.07) is 0. The number of rotatable bonds is 23. The maximum absolute atomic E-state index is 14.2. The lowest BCUT2D eigenvalue weighted by atomic mass is 9.46. The first-order chi connectivity index (χ1) is 28.2. The van der Waals surface area contributed by atoms with Crippen molar-refractivity contribution in [3.05, 3.63) is 23.8 Å². The number of carbonyl (C=O) groups excluding carboxylic acids is 2. The minimum Gasteiger partial charge on any atom is -0.463 e. The zero-order chi connectivity index (χ0) is 42.7. The number of ketones is 1. The molecule has 0 aromatic rings. The molecular weight excluding hydrogens is 741 g/mol. The molecule has 3 saturated carbocycles. The van der Waals surface area contributed by atoms with Crippen molar-refractivity contribution in [3.8, 4) is 0 Å². The minimum atomic E-state index is -1.50. The molecule has 8 nitrogen and oxygen atoms in total. The van der Waals surface area contributed by atoms with E-state index in [0.717, 1.165) is 56.9 Å². The normalized spacial score (nSPS) is 36.9. The van der Waals surface area contributed by atoms with Gasteiger partial charge in [-0.15, -0.1) is 0 Å². The van der Waals surface area contributed by atoms with Gasteiger partial charge in [0.2, 0.25) is 0 Å². The van der Waals surface area contributed by atoms with Gasteiger partial charge in [-0.05, 0) is 110 Å². The summed E-state index contributed by atoms with van der Waals surface area (Å²) in [5.41, 5.74) is 1.22. The van der Waals surface area contributed by atoms with Crippen molar-refractivity contribution in [1.82, 2.24) is 0 Å². The molecule has 0 amide bonds. The summed E-state index contributed by atoms with van der Waals surface area (Å²) in [5, 5.41) is 32.5. The Kier molecular flexibility index (Phi) is 18.6. The highest BCUT2D eigenvalue weighted by Gasteiger charge is 2.61. The SMILES string of the molecule is CCCCCCCCCCCCCCCC(=O)OCC1OC(OC2CCC3(C)C(=CC(=O)C4C3CCC3(C)C(C(C)C=CC(CC)C(C)C)CCC43)C2)C(O)C(O)C1O. The van der Waals surface area contributed by atoms with Crippen molar-refractivity contribution < 1.29 is 39.1 Å². The number of allylic oxidation sites excluding steroid dienone is 3. The van der Waals surface area contributed by atoms with Gasteiger partial charge >= 0.3 is 5.97 Å². The van der Waals surface area contributed by atoms with Crippen molar-refractivity contribution >= 4 is 11.8 Å². The van der Waals surface area contributed by atoms with Gasteiger partial charge in [0.1, 0.15) is 31.0 Å². The summed E-state index contributed by atoms with van der Waals surface area (Å²) in [7, 11) is 0. The molecule has 1 heterocycles. The van der Waals surface area contributed by atoms with Crippen molar-refractivity contribution in [1.29, 1.82) is 0 Å². The number of aliphatic hydroxyl groups is 3. The van der Waals surface area contributed by atoms with Crippen molar-refractivity contribution in [2.24, 2.45) is 52.3 Å². The number of carbonyl (C=O) groups is 2. The Labute approximate surface area is 359 Å². The molecule has 338 valence electrons. The Morgan fingerprint density at radius 1 is 0.814 bits per heavy atom. The van der Waals surface area contributed by atoms with Gasteiger partial charge in [0.05, 0.1) is 6.10 Å². The molecule has 0 aromatic heterocycles. The van der Waals surface area contributed by atoms with Crippen LogP contribution in [-0.2, 0) is 23.8 Å². The number of unbranched alkanes of at least 4 members (excludes halogenated alkanes) is 12. The second-order valence-electron chi connectivity index (χ2n) is 20.7. The molecule has 0 spiro atoms. The molecule has 8 heteroatoms. The third kappa shape index (κ3) is 11.9. The zero-order valence-electron chi connectivity index (χ0n) is 38.4. The standard InChI is InChI=1S/C51H86O8/c1-8-10-11-12-13-14-15-16-17-18-19-20-21-22-44(53)57-33-43-46(54)47(55)48(56)49(59-43)58-38-27-29-50(6)37(31-38)32-42(52)45-40-26-25-39(51(40,7)30-28-41(45)50)35(5)23-24-36(9-2)34(3)4/h23-24,32,34-36,38-41,43,45-49,54-56H,8-22,25-31,33H2,1-7H3. The maximum Gasteiger partial charge on any atom is 0.305 e. The highest BCUT2D eigenvalue weighted by Crippen LogP contribution is 2.66. The van der Waals surface area contributed by atoms with Crippen LogP contribution in [0.25, 0.3) is 0 Å². The van der Waals surface area contributed by atoms with Crippen molar-refractivity contribution in [2.75, 3.05) is 6.61 Å². The number of aliphatic hydroxyl groups excluding tert-OH is 3. The molecule has 1 aliphatic heterocycles. The van der Waals surface area contributed by atoms with Gasteiger partial charge in [-0.3, -0.25) is 9.59 Å². The second-order valence-corrected chi connectivity index (χ2v) is 20.7. The van der Waals surface area contributed by atoms with Gasteiger partial charge in [-0.25, -0.2) is 0 Å². The minimum absolute atomic E-state index is 0.0633. The lowest BCUT2D eigenvalue weighted by Crippen LogP contribution is -2.60. The fourth-order valence-electron chi connectivity index (χ4n) is 12.6. The van der Waals surface area contributed by atoms with E-state index in [0.29, 0.717) is 48.3 Å². The number of ether oxygens (including phenoxy) is 3. The Bertz CT molecular complexity index is 1370. The van der Waals surface area contributed by atoms with Crippen LogP contribution >= 0.6 is 0 Å². The molecule has 14 unspecified atom stereocenters. The smallest absolute Gasteiger partial charge is 0.305 e. The van der Waals surface area contributed by atoms with Crippen LogP contribution < -0.4 is 0 Å². The van der Waals surface area contributed by atoms with Gasteiger partial charge in [-0.1, -0.05) is 143 Å². The van der Waals surface area contributed by atoms with Gasteiger partial charge in [0, 0.05) is 12.3 Å². The van der Waals surface area contributed by atoms with Gasteiger partial charge in [0.15, 0.2) is 12.1 Å². The monoisotopic (exact) mass is 827 g/mol. The summed E-state index contributed by atoms with van der Waals surface area (Å²) in [5.74, 6) is 3.06. The van der Waals surface area contributed by atoms with Gasteiger partial charge in [-0.2, -0.15) is 0 Å². The quantitative estimate of drug-likeness (QED) is 0.0529. The van der Waals surface area contributed by atoms with Gasteiger partial charge < -0.3 is 29.5 Å². The highest BCUT2D eigenvalue weighted by atomic mass is 16.7. The average Bonchev–Trinajstić information content (AvgIpc) is 3.57. The van der Waals surface area contributed by atoms with E-state index >= 15 is 0 Å². The van der Waals surface area contributed by atoms with Crippen LogP contribution in [0.5, 0.6) is 0 Å². The lowest BCUT2D eigenvalue weighted by molar-refractivity contribution is -0.313. The fourth-order valence-corrected chi connectivity index (χ4v) is 12.6. The first-order valence-corrected chi connectivity index (χ1v) is 24.7. The molecule has 3 N–H and O–H groups in total. The fraction of sp³-hybridized carbons (Fsp3) is 0.882. The van der Waals surface area contributed by atoms with Crippen LogP contribution in [0.4, 0.5) is 0 Å². The van der Waals surface area contributed by atoms with Crippen LogP contribution in [-0.4, -0.2) is 70.5 Å². The van der Waals surface area contributed by atoms with Crippen LogP contribution in [0.1, 0.15) is 190 Å². The van der Waals surface area contributed by atoms with E-state index in [1.54, 1.807) is 0 Å². The first kappa shape index (κ1) is 48.5. The zero-order valence-corrected chi connectivity index (χ0v) is 38.4. The van der Waals surface area contributed by atoms with E-state index in [4.69, 9.17) is 14.2 Å². The summed E-state index contributed by atoms with van der Waals surface area (Å²) in [6.07, 6.45) is 24.2. The molecule has 4 aliphatic carbocycles. The Balaban J connectivity index is 1.07. The first-order valence-electron chi connectivity index (χ1n) is 24.7. The topological polar surface area (TPSA) is 123 Å². The van der Waals surface area contributed by atoms with Crippen LogP contribution in [0, 0.1) is 52.3 Å². The van der Waals surface area contributed by atoms with E-state index < -0.39 is 30.7 Å². The molecule has 14 atom stereocenters. The Hall–Kier alpha value is -1.58. The van der Waals surface area contributed by atoms with Crippen LogP contribution in [0.2, 0.25) is 0 Å². The van der Waals surface area contributed by atoms with E-state index in [1.165, 1.54) is 77.0 Å². The van der Waals surface area contributed by atoms with Crippen LogP contribution in [0.3, 0.4) is 0 Å². The van der Waals surface area contributed by atoms with Crippen molar-refractivity contribution in [2.45, 2.75) is 227 Å². The van der Waals surface area contributed by atoms with Gasteiger partial charge in [0.25, 0.3) is 0 Å². The molecule has 0 aromatic carbocycles. The molecular formula is C51H86O8. The lowest BCUT2D eigenvalue weighted by Gasteiger charge is -2.57. The third-order valence-electron chi connectivity index (χ3n) is 16.5. The largest absolute Gasteiger partial charge is 0.463 e. The second kappa shape index (κ2) is 22.7. The van der Waals surface area contributed by atoms with Crippen LogP contribution in [0.15, 0.2) is 23.8 Å². The van der Waals surface area contributed by atoms with E-state index in [2.05, 4.69) is 60.6 Å². The number of hydrogen-bond acceptors (Lipinski definition) is 8. The Morgan fingerprint density at radius 2 is 1.46 bits per heavy atom. The number of fused-ring (bicyclic) bond motifs is 5. The van der Waals surface area contributed by atoms with E-state index in [-0.39, 0.29) is 41.2 Å². The summed E-state index contributed by atoms with van der Waals surface area (Å²) >= 11 is 0. The molecule has 5 aliphatic rings. The average molecular weight is 827 g/mol. The number of hydrogen-bond donors (Lipinski definition) is 3. The predicted octanol–water partition coefficient (Wildman–Crippen LogP) is 10.8. The van der Waals surface area contributed by atoms with Crippen molar-refractivity contribution in [3.63, 3.8) is 0 Å². The maximum atomic E-state index is 14.2. The molecule has 1 saturated heterocycles. The van der Waals surface area contributed by atoms with E-state index in [9.17, 15) is 24.9 Å². The molecule has 5 rings (SSSR count). The van der Waals surface area contributed by atoms with E-state index in [1.807, 2.05) is 6.08 Å². The molecule has 0 radical (unpaired) electrons. The Morgan fingerprint density at radius 3 is 2.08 bits per heavy atom. The third-order valence-corrected chi connectivity index (χ3v) is 16.5. The summed E-state index contributed by atoms with van der Waals surface area (Å²) in [6.45, 7) is 16.2. The molecule has 0 bridgehead atoms. The predicted molar refractivity (Wildman–Crippen MR) is 235 cm³/mol. The summed E-state index contributed by atoms with van der Waals surface area (Å²) < 4.78 is 17.9. The highest BCUT2D eigenvalue weighted by molar-refractivity contribution is 5.94. The molecule has 59 heavy (non-hydrogen) atoms. The number of esters is 1. The summed E-state index contributed by atoms with van der Waals surface area (Å²) in [4.78, 5) is 26.8.